The Labute approximate surface area is 72.2 Å². The summed E-state index contributed by atoms with van der Waals surface area (Å²) in [4.78, 5) is 0. The fourth-order valence-electron chi connectivity index (χ4n) is 1.38. The van der Waals surface area contributed by atoms with Crippen LogP contribution < -0.4 is 5.32 Å². The summed E-state index contributed by atoms with van der Waals surface area (Å²) in [5.41, 5.74) is 1.36. The Morgan fingerprint density at radius 3 is 3.18 bits per heavy atom. The highest BCUT2D eigenvalue weighted by atomic mass is 35.5. The lowest BCUT2D eigenvalue weighted by atomic mass is 10.1. The van der Waals surface area contributed by atoms with Gasteiger partial charge in [-0.2, -0.15) is 5.10 Å². The number of hydrogen-bond acceptors (Lipinski definition) is 2. The summed E-state index contributed by atoms with van der Waals surface area (Å²) in [5, 5.41) is 7.46. The van der Waals surface area contributed by atoms with Gasteiger partial charge in [-0.1, -0.05) is 0 Å². The van der Waals surface area contributed by atoms with Crippen LogP contribution in [0.4, 0.5) is 5.82 Å². The molecule has 0 atom stereocenters. The third-order valence-electron chi connectivity index (χ3n) is 1.93. The van der Waals surface area contributed by atoms with Crippen molar-refractivity contribution in [3.8, 4) is 0 Å². The topological polar surface area (TPSA) is 29.9 Å². The third kappa shape index (κ3) is 1.33. The molecule has 1 aromatic heterocycles. The zero-order valence-corrected chi connectivity index (χ0v) is 7.32. The normalized spacial score (nSPS) is 14.6. The van der Waals surface area contributed by atoms with Crippen LogP contribution in [0.2, 0.25) is 0 Å². The van der Waals surface area contributed by atoms with Gasteiger partial charge in [0, 0.05) is 19.2 Å². The molecule has 0 aliphatic carbocycles. The first-order valence-corrected chi connectivity index (χ1v) is 3.62. The Morgan fingerprint density at radius 1 is 1.64 bits per heavy atom. The minimum absolute atomic E-state index is 0. The van der Waals surface area contributed by atoms with Crippen molar-refractivity contribution in [2.75, 3.05) is 11.9 Å². The van der Waals surface area contributed by atoms with Crippen molar-refractivity contribution in [3.05, 3.63) is 11.8 Å². The maximum Gasteiger partial charge on any atom is 0.127 e. The van der Waals surface area contributed by atoms with E-state index in [-0.39, 0.29) is 12.4 Å². The predicted molar refractivity (Wildman–Crippen MR) is 47.3 cm³/mol. The number of halogens is 1. The minimum Gasteiger partial charge on any atom is -0.370 e. The SMILES string of the molecule is Cl.Cn1ncc2c1NCCC2. The van der Waals surface area contributed by atoms with Crippen LogP contribution in [0.3, 0.4) is 0 Å². The summed E-state index contributed by atoms with van der Waals surface area (Å²) >= 11 is 0. The number of nitrogens with one attached hydrogen (secondary N) is 1. The molecule has 0 spiro atoms. The molecule has 0 fully saturated rings. The van der Waals surface area contributed by atoms with E-state index in [0.717, 1.165) is 6.54 Å². The number of fused-ring (bicyclic) bond motifs is 1. The molecule has 0 aromatic carbocycles. The molecule has 1 aliphatic rings. The van der Waals surface area contributed by atoms with Crippen LogP contribution in [-0.2, 0) is 13.5 Å². The number of hydrogen-bond donors (Lipinski definition) is 1. The summed E-state index contributed by atoms with van der Waals surface area (Å²) < 4.78 is 1.90. The summed E-state index contributed by atoms with van der Waals surface area (Å²) in [6.07, 6.45) is 4.36. The second-order valence-electron chi connectivity index (χ2n) is 2.67. The lowest BCUT2D eigenvalue weighted by Gasteiger charge is -2.13. The molecule has 0 unspecified atom stereocenters. The second kappa shape index (κ2) is 3.13. The number of anilines is 1. The van der Waals surface area contributed by atoms with Gasteiger partial charge < -0.3 is 5.32 Å². The highest BCUT2D eigenvalue weighted by Crippen LogP contribution is 2.19. The molecule has 1 aliphatic heterocycles. The second-order valence-corrected chi connectivity index (χ2v) is 2.67. The van der Waals surface area contributed by atoms with Gasteiger partial charge in [-0.05, 0) is 12.8 Å². The van der Waals surface area contributed by atoms with Crippen molar-refractivity contribution in [2.24, 2.45) is 7.05 Å². The van der Waals surface area contributed by atoms with E-state index >= 15 is 0 Å². The van der Waals surface area contributed by atoms with Crippen molar-refractivity contribution in [2.45, 2.75) is 12.8 Å². The average molecular weight is 174 g/mol. The number of rotatable bonds is 0. The van der Waals surface area contributed by atoms with Crippen molar-refractivity contribution in [1.82, 2.24) is 9.78 Å². The van der Waals surface area contributed by atoms with Crippen molar-refractivity contribution in [1.29, 1.82) is 0 Å². The minimum atomic E-state index is 0. The van der Waals surface area contributed by atoms with Crippen molar-refractivity contribution in [3.63, 3.8) is 0 Å². The monoisotopic (exact) mass is 173 g/mol. The Morgan fingerprint density at radius 2 is 2.45 bits per heavy atom. The lowest BCUT2D eigenvalue weighted by Crippen LogP contribution is -2.13. The largest absolute Gasteiger partial charge is 0.370 e. The molecule has 0 bridgehead atoms. The van der Waals surface area contributed by atoms with Crippen LogP contribution in [0.1, 0.15) is 12.0 Å². The summed E-state index contributed by atoms with van der Waals surface area (Å²) in [6, 6.07) is 0. The quantitative estimate of drug-likeness (QED) is 0.639. The first-order chi connectivity index (χ1) is 4.88. The molecule has 4 heteroatoms. The fourth-order valence-corrected chi connectivity index (χ4v) is 1.38. The predicted octanol–water partition coefficient (Wildman–Crippen LogP) is 1.20. The summed E-state index contributed by atoms with van der Waals surface area (Å²) in [7, 11) is 1.97. The van der Waals surface area contributed by atoms with E-state index < -0.39 is 0 Å². The third-order valence-corrected chi connectivity index (χ3v) is 1.93. The Hall–Kier alpha value is -0.700. The summed E-state index contributed by atoms with van der Waals surface area (Å²) in [6.45, 7) is 1.09. The van der Waals surface area contributed by atoms with Gasteiger partial charge in [0.25, 0.3) is 0 Å². The standard InChI is InChI=1S/C7H11N3.ClH/c1-10-7-6(5-9-10)3-2-4-8-7;/h5,8H,2-4H2,1H3;1H. The fraction of sp³-hybridized carbons (Fsp3) is 0.571. The van der Waals surface area contributed by atoms with Crippen LogP contribution in [0.5, 0.6) is 0 Å². The van der Waals surface area contributed by atoms with Gasteiger partial charge in [0.1, 0.15) is 5.82 Å². The van der Waals surface area contributed by atoms with E-state index in [0.29, 0.717) is 0 Å². The van der Waals surface area contributed by atoms with Gasteiger partial charge in [-0.3, -0.25) is 4.68 Å². The number of nitrogens with zero attached hydrogens (tertiary/aromatic N) is 2. The zero-order chi connectivity index (χ0) is 6.97. The maximum absolute atomic E-state index is 4.15. The van der Waals surface area contributed by atoms with E-state index in [9.17, 15) is 0 Å². The smallest absolute Gasteiger partial charge is 0.127 e. The molecular formula is C7H12ClN3. The van der Waals surface area contributed by atoms with Gasteiger partial charge in [0.15, 0.2) is 0 Å². The first-order valence-electron chi connectivity index (χ1n) is 3.62. The van der Waals surface area contributed by atoms with E-state index in [2.05, 4.69) is 10.4 Å². The molecule has 1 aromatic rings. The molecule has 3 nitrogen and oxygen atoms in total. The maximum atomic E-state index is 4.15. The van der Waals surface area contributed by atoms with Crippen LogP contribution in [0.15, 0.2) is 6.20 Å². The van der Waals surface area contributed by atoms with Crippen molar-refractivity contribution < 1.29 is 0 Å². The van der Waals surface area contributed by atoms with E-state index in [4.69, 9.17) is 0 Å². The van der Waals surface area contributed by atoms with Gasteiger partial charge in [-0.25, -0.2) is 0 Å². The number of aromatic nitrogens is 2. The highest BCUT2D eigenvalue weighted by molar-refractivity contribution is 5.85. The molecule has 0 saturated heterocycles. The van der Waals surface area contributed by atoms with Gasteiger partial charge in [0.2, 0.25) is 0 Å². The van der Waals surface area contributed by atoms with E-state index in [1.54, 1.807) is 0 Å². The Bertz CT molecular complexity index is 244. The molecule has 11 heavy (non-hydrogen) atoms. The molecule has 0 radical (unpaired) electrons. The van der Waals surface area contributed by atoms with Crippen LogP contribution in [-0.4, -0.2) is 16.3 Å². The van der Waals surface area contributed by atoms with Crippen LogP contribution >= 0.6 is 12.4 Å². The van der Waals surface area contributed by atoms with Gasteiger partial charge in [0.05, 0.1) is 6.20 Å². The van der Waals surface area contributed by atoms with Crippen LogP contribution in [0, 0.1) is 0 Å². The lowest BCUT2D eigenvalue weighted by molar-refractivity contribution is 0.749. The van der Waals surface area contributed by atoms with E-state index in [1.807, 2.05) is 17.9 Å². The molecule has 62 valence electrons. The Kier molecular flexibility index (Phi) is 2.39. The molecule has 2 rings (SSSR count). The van der Waals surface area contributed by atoms with E-state index in [1.165, 1.54) is 24.2 Å². The Balaban J connectivity index is 0.000000605. The molecular weight excluding hydrogens is 162 g/mol. The molecule has 0 amide bonds. The van der Waals surface area contributed by atoms with Crippen LogP contribution in [0.25, 0.3) is 0 Å². The highest BCUT2D eigenvalue weighted by Gasteiger charge is 2.11. The van der Waals surface area contributed by atoms with Gasteiger partial charge >= 0.3 is 0 Å². The van der Waals surface area contributed by atoms with Gasteiger partial charge in [-0.15, -0.1) is 12.4 Å². The number of aryl methyl sites for hydroxylation is 2. The molecule has 0 saturated carbocycles. The summed E-state index contributed by atoms with van der Waals surface area (Å²) in [5.74, 6) is 1.20. The molecule has 1 N–H and O–H groups in total. The average Bonchev–Trinajstić information content (AvgIpc) is 2.34. The zero-order valence-electron chi connectivity index (χ0n) is 6.50. The molecule has 2 heterocycles. The first kappa shape index (κ1) is 8.40. The van der Waals surface area contributed by atoms with Crippen molar-refractivity contribution >= 4 is 18.2 Å².